The maximum Gasteiger partial charge on any atom is 0.112 e. The second-order valence-electron chi connectivity index (χ2n) is 3.14. The quantitative estimate of drug-likeness (QED) is 0.568. The number of benzene rings is 2. The smallest absolute Gasteiger partial charge is 0.112 e. The molecule has 0 aliphatic heterocycles. The highest BCUT2D eigenvalue weighted by molar-refractivity contribution is 7.00. The fourth-order valence-electron chi connectivity index (χ4n) is 1.64. The van der Waals surface area contributed by atoms with Gasteiger partial charge in [0.25, 0.3) is 0 Å². The van der Waals surface area contributed by atoms with Crippen molar-refractivity contribution in [1.29, 1.82) is 0 Å². The number of nitrogens with zero attached hydrogens (tertiary/aromatic N) is 2. The van der Waals surface area contributed by atoms with E-state index in [0.717, 1.165) is 27.5 Å². The van der Waals surface area contributed by atoms with E-state index in [0.29, 0.717) is 0 Å². The van der Waals surface area contributed by atoms with Gasteiger partial charge in [0.2, 0.25) is 0 Å². The summed E-state index contributed by atoms with van der Waals surface area (Å²) in [5, 5.41) is 2.13. The molecule has 0 saturated carbocycles. The van der Waals surface area contributed by atoms with Gasteiger partial charge < -0.3 is 5.73 Å². The maximum atomic E-state index is 5.92. The summed E-state index contributed by atoms with van der Waals surface area (Å²) < 4.78 is 8.44. The zero-order valence-electron chi connectivity index (χ0n) is 7.27. The van der Waals surface area contributed by atoms with Crippen LogP contribution >= 0.6 is 11.7 Å². The van der Waals surface area contributed by atoms with Crippen molar-refractivity contribution in [2.24, 2.45) is 0 Å². The van der Waals surface area contributed by atoms with E-state index in [2.05, 4.69) is 8.75 Å². The van der Waals surface area contributed by atoms with Crippen molar-refractivity contribution in [3.63, 3.8) is 0 Å². The van der Waals surface area contributed by atoms with E-state index in [-0.39, 0.29) is 0 Å². The SMILES string of the molecule is Nc1cc2nsnc2c2ccccc12. The molecule has 4 heteroatoms. The molecule has 0 spiro atoms. The molecule has 1 heterocycles. The molecule has 2 N–H and O–H groups in total. The van der Waals surface area contributed by atoms with Gasteiger partial charge in [-0.1, -0.05) is 24.3 Å². The minimum Gasteiger partial charge on any atom is -0.398 e. The molecule has 2 aromatic carbocycles. The number of nitrogens with two attached hydrogens (primary N) is 1. The van der Waals surface area contributed by atoms with Crippen molar-refractivity contribution in [3.05, 3.63) is 30.3 Å². The van der Waals surface area contributed by atoms with Gasteiger partial charge in [-0.25, -0.2) is 0 Å². The van der Waals surface area contributed by atoms with Crippen LogP contribution in [0.25, 0.3) is 21.8 Å². The summed E-state index contributed by atoms with van der Waals surface area (Å²) in [4.78, 5) is 0. The molecule has 0 aliphatic rings. The highest BCUT2D eigenvalue weighted by atomic mass is 32.1. The number of hydrogen-bond donors (Lipinski definition) is 1. The van der Waals surface area contributed by atoms with Gasteiger partial charge in [0.05, 0.1) is 11.7 Å². The highest BCUT2D eigenvalue weighted by Gasteiger charge is 2.06. The fourth-order valence-corrected chi connectivity index (χ4v) is 2.18. The molecule has 14 heavy (non-hydrogen) atoms. The van der Waals surface area contributed by atoms with Gasteiger partial charge in [-0.2, -0.15) is 8.75 Å². The molecule has 3 aromatic rings. The molecule has 3 nitrogen and oxygen atoms in total. The summed E-state index contributed by atoms with van der Waals surface area (Å²) in [6.45, 7) is 0. The van der Waals surface area contributed by atoms with Crippen molar-refractivity contribution in [2.75, 3.05) is 5.73 Å². The largest absolute Gasteiger partial charge is 0.398 e. The second-order valence-corrected chi connectivity index (χ2v) is 3.67. The van der Waals surface area contributed by atoms with Crippen LogP contribution in [0.2, 0.25) is 0 Å². The molecule has 0 bridgehead atoms. The standard InChI is InChI=1S/C10H7N3S/c11-8-5-9-10(13-14-12-9)7-4-2-1-3-6(7)8/h1-5H,11H2. The summed E-state index contributed by atoms with van der Waals surface area (Å²) in [5.74, 6) is 0. The first-order chi connectivity index (χ1) is 6.86. The Bertz CT molecular complexity index is 615. The fraction of sp³-hybridized carbons (Fsp3) is 0. The molecule has 0 saturated heterocycles. The third kappa shape index (κ3) is 0.914. The Morgan fingerprint density at radius 3 is 2.71 bits per heavy atom. The average molecular weight is 201 g/mol. The van der Waals surface area contributed by atoms with Crippen molar-refractivity contribution in [2.45, 2.75) is 0 Å². The number of rotatable bonds is 0. The van der Waals surface area contributed by atoms with Crippen LogP contribution in [0.4, 0.5) is 5.69 Å². The topological polar surface area (TPSA) is 51.8 Å². The molecular formula is C10H7N3S. The minimum atomic E-state index is 0.765. The van der Waals surface area contributed by atoms with Gasteiger partial charge in [0.1, 0.15) is 11.0 Å². The average Bonchev–Trinajstić information content (AvgIpc) is 2.66. The van der Waals surface area contributed by atoms with E-state index < -0.39 is 0 Å². The van der Waals surface area contributed by atoms with E-state index in [1.54, 1.807) is 0 Å². The normalized spacial score (nSPS) is 11.1. The third-order valence-electron chi connectivity index (χ3n) is 2.30. The van der Waals surface area contributed by atoms with Crippen LogP contribution in [0.5, 0.6) is 0 Å². The Morgan fingerprint density at radius 1 is 1.07 bits per heavy atom. The van der Waals surface area contributed by atoms with Crippen LogP contribution in [-0.2, 0) is 0 Å². The highest BCUT2D eigenvalue weighted by Crippen LogP contribution is 2.28. The molecule has 0 aliphatic carbocycles. The molecule has 0 fully saturated rings. The Kier molecular flexibility index (Phi) is 1.46. The molecule has 68 valence electrons. The Labute approximate surface area is 84.5 Å². The van der Waals surface area contributed by atoms with Gasteiger partial charge in [-0.3, -0.25) is 0 Å². The first-order valence-corrected chi connectivity index (χ1v) is 4.99. The van der Waals surface area contributed by atoms with Gasteiger partial charge in [-0.15, -0.1) is 0 Å². The van der Waals surface area contributed by atoms with Crippen LogP contribution in [0, 0.1) is 0 Å². The van der Waals surface area contributed by atoms with Crippen LogP contribution in [0.3, 0.4) is 0 Å². The van der Waals surface area contributed by atoms with Crippen LogP contribution in [0.15, 0.2) is 30.3 Å². The van der Waals surface area contributed by atoms with Crippen LogP contribution in [0.1, 0.15) is 0 Å². The monoisotopic (exact) mass is 201 g/mol. The predicted molar refractivity (Wildman–Crippen MR) is 59.3 cm³/mol. The Balaban J connectivity index is 2.67. The summed E-state index contributed by atoms with van der Waals surface area (Å²) >= 11 is 1.22. The summed E-state index contributed by atoms with van der Waals surface area (Å²) in [5.41, 5.74) is 8.51. The Morgan fingerprint density at radius 2 is 1.86 bits per heavy atom. The third-order valence-corrected chi connectivity index (χ3v) is 2.84. The van der Waals surface area contributed by atoms with E-state index >= 15 is 0 Å². The van der Waals surface area contributed by atoms with Gasteiger partial charge in [-0.05, 0) is 6.07 Å². The van der Waals surface area contributed by atoms with Crippen molar-refractivity contribution in [3.8, 4) is 0 Å². The lowest BCUT2D eigenvalue weighted by Crippen LogP contribution is -1.87. The lowest BCUT2D eigenvalue weighted by atomic mass is 10.1. The number of fused-ring (bicyclic) bond motifs is 3. The first kappa shape index (κ1) is 7.70. The molecule has 1 aromatic heterocycles. The van der Waals surface area contributed by atoms with Gasteiger partial charge in [0.15, 0.2) is 0 Å². The van der Waals surface area contributed by atoms with Gasteiger partial charge >= 0.3 is 0 Å². The van der Waals surface area contributed by atoms with E-state index in [4.69, 9.17) is 5.73 Å². The Hall–Kier alpha value is -1.68. The maximum absolute atomic E-state index is 5.92. The lowest BCUT2D eigenvalue weighted by molar-refractivity contribution is 1.66. The van der Waals surface area contributed by atoms with Crippen LogP contribution in [-0.4, -0.2) is 8.75 Å². The van der Waals surface area contributed by atoms with Crippen LogP contribution < -0.4 is 5.73 Å². The molecule has 0 radical (unpaired) electrons. The molecule has 3 rings (SSSR count). The molecule has 0 atom stereocenters. The van der Waals surface area contributed by atoms with Crippen molar-refractivity contribution in [1.82, 2.24) is 8.75 Å². The van der Waals surface area contributed by atoms with E-state index in [1.807, 2.05) is 30.3 Å². The summed E-state index contributed by atoms with van der Waals surface area (Å²) in [6.07, 6.45) is 0. The zero-order valence-corrected chi connectivity index (χ0v) is 8.08. The minimum absolute atomic E-state index is 0.765. The van der Waals surface area contributed by atoms with Crippen molar-refractivity contribution >= 4 is 39.2 Å². The number of anilines is 1. The molecular weight excluding hydrogens is 194 g/mol. The van der Waals surface area contributed by atoms with E-state index in [9.17, 15) is 0 Å². The molecule has 0 unspecified atom stereocenters. The zero-order chi connectivity index (χ0) is 9.54. The van der Waals surface area contributed by atoms with Gasteiger partial charge in [0, 0.05) is 16.5 Å². The summed E-state index contributed by atoms with van der Waals surface area (Å²) in [7, 11) is 0. The lowest BCUT2D eigenvalue weighted by Gasteiger charge is -2.00. The summed E-state index contributed by atoms with van der Waals surface area (Å²) in [6, 6.07) is 9.87. The predicted octanol–water partition coefficient (Wildman–Crippen LogP) is 2.43. The number of hydrogen-bond acceptors (Lipinski definition) is 4. The van der Waals surface area contributed by atoms with E-state index in [1.165, 1.54) is 11.7 Å². The second kappa shape index (κ2) is 2.65. The number of aromatic nitrogens is 2. The molecule has 0 amide bonds. The van der Waals surface area contributed by atoms with Crippen molar-refractivity contribution < 1.29 is 0 Å². The first-order valence-electron chi connectivity index (χ1n) is 4.26. The number of nitrogen functional groups attached to an aromatic ring is 1.